The molecule has 18 heavy (non-hydrogen) atoms. The van der Waals surface area contributed by atoms with Crippen LogP contribution < -0.4 is 4.90 Å². The molecule has 1 aromatic rings. The van der Waals surface area contributed by atoms with Crippen molar-refractivity contribution < 1.29 is 14.1 Å². The third-order valence-corrected chi connectivity index (χ3v) is 3.15. The van der Waals surface area contributed by atoms with E-state index < -0.39 is 10.7 Å². The number of halogens is 1. The van der Waals surface area contributed by atoms with Crippen LogP contribution >= 0.6 is 0 Å². The molecule has 1 saturated heterocycles. The minimum Gasteiger partial charge on any atom is -0.380 e. The number of benzene rings is 1. The van der Waals surface area contributed by atoms with Crippen LogP contribution in [-0.2, 0) is 4.74 Å². The van der Waals surface area contributed by atoms with Gasteiger partial charge in [0.05, 0.1) is 17.1 Å². The van der Waals surface area contributed by atoms with Crippen LogP contribution in [0.15, 0.2) is 18.2 Å². The molecule has 5 nitrogen and oxygen atoms in total. The summed E-state index contributed by atoms with van der Waals surface area (Å²) in [6, 6.07) is 3.66. The fourth-order valence-corrected chi connectivity index (χ4v) is 2.21. The molecular weight excluding hydrogens is 239 g/mol. The van der Waals surface area contributed by atoms with Crippen molar-refractivity contribution in [2.24, 2.45) is 0 Å². The smallest absolute Gasteiger partial charge is 0.274 e. The number of hydrogen-bond acceptors (Lipinski definition) is 4. The van der Waals surface area contributed by atoms with Crippen molar-refractivity contribution in [2.75, 3.05) is 25.1 Å². The average molecular weight is 254 g/mol. The lowest BCUT2D eigenvalue weighted by Crippen LogP contribution is -2.39. The Kier molecular flexibility index (Phi) is 3.76. The maximum Gasteiger partial charge on any atom is 0.274 e. The summed E-state index contributed by atoms with van der Waals surface area (Å²) in [6.07, 6.45) is 1.99. The first-order chi connectivity index (χ1) is 8.60. The van der Waals surface area contributed by atoms with Gasteiger partial charge in [-0.1, -0.05) is 0 Å². The van der Waals surface area contributed by atoms with Crippen LogP contribution in [0, 0.1) is 15.9 Å². The zero-order chi connectivity index (χ0) is 13.1. The van der Waals surface area contributed by atoms with Gasteiger partial charge in [-0.15, -0.1) is 0 Å². The summed E-state index contributed by atoms with van der Waals surface area (Å²) in [5.41, 5.74) is 0.327. The summed E-state index contributed by atoms with van der Waals surface area (Å²) in [6.45, 7) is 1.40. The van der Waals surface area contributed by atoms with Crippen LogP contribution in [0.2, 0.25) is 0 Å². The average Bonchev–Trinajstić information content (AvgIpc) is 2.38. The van der Waals surface area contributed by atoms with Crippen molar-refractivity contribution in [2.45, 2.75) is 18.9 Å². The van der Waals surface area contributed by atoms with Crippen LogP contribution in [0.25, 0.3) is 0 Å². The van der Waals surface area contributed by atoms with Crippen molar-refractivity contribution in [3.05, 3.63) is 34.1 Å². The quantitative estimate of drug-likeness (QED) is 0.613. The van der Waals surface area contributed by atoms with Gasteiger partial charge in [0.2, 0.25) is 0 Å². The summed E-state index contributed by atoms with van der Waals surface area (Å²) >= 11 is 0. The summed E-state index contributed by atoms with van der Waals surface area (Å²) in [7, 11) is 1.64. The number of nitro benzene ring substituents is 1. The summed E-state index contributed by atoms with van der Waals surface area (Å²) in [4.78, 5) is 12.0. The minimum absolute atomic E-state index is 0.0982. The predicted octanol–water partition coefficient (Wildman–Crippen LogP) is 2.35. The third-order valence-electron chi connectivity index (χ3n) is 3.15. The van der Waals surface area contributed by atoms with Gasteiger partial charge in [0, 0.05) is 32.0 Å². The van der Waals surface area contributed by atoms with Crippen LogP contribution in [0.4, 0.5) is 15.8 Å². The van der Waals surface area contributed by atoms with E-state index in [2.05, 4.69) is 0 Å². The number of hydrogen-bond donors (Lipinski definition) is 0. The standard InChI is InChI=1S/C12H15FN2O3/c1-18-12-3-2-4-14(8-12)10-5-9(13)6-11(7-10)15(16)17/h5-7,12H,2-4,8H2,1H3. The Morgan fingerprint density at radius 2 is 2.28 bits per heavy atom. The predicted molar refractivity (Wildman–Crippen MR) is 65.3 cm³/mol. The van der Waals surface area contributed by atoms with Gasteiger partial charge in [0.1, 0.15) is 5.82 Å². The molecule has 1 aromatic carbocycles. The number of piperidine rings is 1. The second kappa shape index (κ2) is 5.30. The van der Waals surface area contributed by atoms with Gasteiger partial charge in [-0.2, -0.15) is 0 Å². The highest BCUT2D eigenvalue weighted by molar-refractivity contribution is 5.54. The van der Waals surface area contributed by atoms with Crippen LogP contribution in [0.1, 0.15) is 12.8 Å². The van der Waals surface area contributed by atoms with E-state index in [1.807, 2.05) is 4.90 Å². The monoisotopic (exact) mass is 254 g/mol. The van der Waals surface area contributed by atoms with Gasteiger partial charge in [0.25, 0.3) is 5.69 Å². The lowest BCUT2D eigenvalue weighted by Gasteiger charge is -2.33. The van der Waals surface area contributed by atoms with Crippen molar-refractivity contribution in [3.63, 3.8) is 0 Å². The van der Waals surface area contributed by atoms with Gasteiger partial charge in [-0.3, -0.25) is 10.1 Å². The Balaban J connectivity index is 2.24. The molecule has 1 heterocycles. The Bertz CT molecular complexity index is 453. The zero-order valence-electron chi connectivity index (χ0n) is 10.1. The van der Waals surface area contributed by atoms with Crippen LogP contribution in [0.3, 0.4) is 0 Å². The molecule has 1 fully saturated rings. The van der Waals surface area contributed by atoms with E-state index in [4.69, 9.17) is 4.74 Å². The molecule has 2 rings (SSSR count). The van der Waals surface area contributed by atoms with Gasteiger partial charge in [-0.25, -0.2) is 4.39 Å². The molecule has 0 spiro atoms. The molecule has 98 valence electrons. The SMILES string of the molecule is COC1CCCN(c2cc(F)cc([N+](=O)[O-])c2)C1. The lowest BCUT2D eigenvalue weighted by atomic mass is 10.1. The van der Waals surface area contributed by atoms with E-state index in [0.717, 1.165) is 25.5 Å². The number of methoxy groups -OCH3 is 1. The summed E-state index contributed by atoms with van der Waals surface area (Å²) in [5.74, 6) is -0.584. The number of ether oxygens (including phenoxy) is 1. The van der Waals surface area contributed by atoms with Crippen molar-refractivity contribution in [1.29, 1.82) is 0 Å². The van der Waals surface area contributed by atoms with E-state index in [9.17, 15) is 14.5 Å². The fraction of sp³-hybridized carbons (Fsp3) is 0.500. The molecule has 0 aromatic heterocycles. The molecule has 6 heteroatoms. The Hall–Kier alpha value is -1.69. The maximum absolute atomic E-state index is 13.4. The summed E-state index contributed by atoms with van der Waals surface area (Å²) in [5, 5.41) is 10.7. The largest absolute Gasteiger partial charge is 0.380 e. The molecule has 0 N–H and O–H groups in total. The highest BCUT2D eigenvalue weighted by Crippen LogP contribution is 2.26. The second-order valence-corrected chi connectivity index (χ2v) is 4.37. The van der Waals surface area contributed by atoms with E-state index in [1.165, 1.54) is 12.1 Å². The maximum atomic E-state index is 13.4. The van der Waals surface area contributed by atoms with Crippen LogP contribution in [-0.4, -0.2) is 31.2 Å². The first-order valence-electron chi connectivity index (χ1n) is 5.83. The minimum atomic E-state index is -0.584. The molecule has 0 bridgehead atoms. The fourth-order valence-electron chi connectivity index (χ4n) is 2.21. The Morgan fingerprint density at radius 3 is 2.94 bits per heavy atom. The van der Waals surface area contributed by atoms with Crippen molar-refractivity contribution in [3.8, 4) is 0 Å². The molecule has 1 unspecified atom stereocenters. The Labute approximate surface area is 104 Å². The molecule has 1 atom stereocenters. The molecule has 1 aliphatic rings. The highest BCUT2D eigenvalue weighted by atomic mass is 19.1. The number of rotatable bonds is 3. The number of anilines is 1. The molecule has 0 saturated carbocycles. The van der Waals surface area contributed by atoms with Gasteiger partial charge < -0.3 is 9.64 Å². The molecule has 0 radical (unpaired) electrons. The van der Waals surface area contributed by atoms with Gasteiger partial charge >= 0.3 is 0 Å². The van der Waals surface area contributed by atoms with Crippen molar-refractivity contribution >= 4 is 11.4 Å². The van der Waals surface area contributed by atoms with Gasteiger partial charge in [0.15, 0.2) is 0 Å². The first kappa shape index (κ1) is 12.8. The van der Waals surface area contributed by atoms with Gasteiger partial charge in [-0.05, 0) is 18.9 Å². The second-order valence-electron chi connectivity index (χ2n) is 4.37. The molecule has 1 aliphatic heterocycles. The van der Waals surface area contributed by atoms with E-state index in [0.29, 0.717) is 12.2 Å². The van der Waals surface area contributed by atoms with E-state index in [1.54, 1.807) is 7.11 Å². The highest BCUT2D eigenvalue weighted by Gasteiger charge is 2.21. The topological polar surface area (TPSA) is 55.6 Å². The normalized spacial score (nSPS) is 19.9. The molecular formula is C12H15FN2O3. The Morgan fingerprint density at radius 1 is 1.50 bits per heavy atom. The first-order valence-corrected chi connectivity index (χ1v) is 5.83. The number of non-ortho nitro benzene ring substituents is 1. The van der Waals surface area contributed by atoms with E-state index >= 15 is 0 Å². The zero-order valence-corrected chi connectivity index (χ0v) is 10.1. The van der Waals surface area contributed by atoms with Crippen molar-refractivity contribution in [1.82, 2.24) is 0 Å². The van der Waals surface area contributed by atoms with E-state index in [-0.39, 0.29) is 11.8 Å². The molecule has 0 amide bonds. The third kappa shape index (κ3) is 2.76. The number of nitrogens with zero attached hydrogens (tertiary/aromatic N) is 2. The summed E-state index contributed by atoms with van der Waals surface area (Å²) < 4.78 is 18.6. The van der Waals surface area contributed by atoms with Crippen LogP contribution in [0.5, 0.6) is 0 Å². The number of nitro groups is 1. The molecule has 0 aliphatic carbocycles. The lowest BCUT2D eigenvalue weighted by molar-refractivity contribution is -0.385.